The number of carbonyl (C=O) groups is 3. The molecule has 0 bridgehead atoms. The molecule has 2 aromatic rings. The average Bonchev–Trinajstić information content (AvgIpc) is 3.33. The third kappa shape index (κ3) is 3.62. The molecule has 150 valence electrons. The minimum Gasteiger partial charge on any atom is -0.339 e. The molecule has 29 heavy (non-hydrogen) atoms. The lowest BCUT2D eigenvalue weighted by Gasteiger charge is -2.19. The lowest BCUT2D eigenvalue weighted by Crippen LogP contribution is -2.33. The van der Waals surface area contributed by atoms with Crippen molar-refractivity contribution < 1.29 is 14.4 Å². The van der Waals surface area contributed by atoms with Gasteiger partial charge >= 0.3 is 6.03 Å². The van der Waals surface area contributed by atoms with Crippen molar-refractivity contribution in [3.8, 4) is 0 Å². The van der Waals surface area contributed by atoms with E-state index in [9.17, 15) is 14.4 Å². The van der Waals surface area contributed by atoms with Gasteiger partial charge in [-0.15, -0.1) is 0 Å². The zero-order chi connectivity index (χ0) is 20.5. The molecule has 6 nitrogen and oxygen atoms in total. The summed E-state index contributed by atoms with van der Waals surface area (Å²) >= 11 is 0. The fraction of sp³-hybridized carbons (Fsp3) is 0.348. The van der Waals surface area contributed by atoms with Gasteiger partial charge in [-0.1, -0.05) is 29.8 Å². The lowest BCUT2D eigenvalue weighted by molar-refractivity contribution is -0.127. The van der Waals surface area contributed by atoms with E-state index in [2.05, 4.69) is 0 Å². The molecule has 0 unspecified atom stereocenters. The average molecular weight is 391 g/mol. The second-order valence-corrected chi connectivity index (χ2v) is 7.78. The van der Waals surface area contributed by atoms with Crippen molar-refractivity contribution in [3.05, 3.63) is 65.2 Å². The number of rotatable bonds is 4. The highest BCUT2D eigenvalue weighted by atomic mass is 16.2. The number of hydrogen-bond acceptors (Lipinski definition) is 3. The number of aryl methyl sites for hydroxylation is 1. The van der Waals surface area contributed by atoms with Crippen LogP contribution in [0.15, 0.2) is 48.5 Å². The topological polar surface area (TPSA) is 60.9 Å². The Labute approximate surface area is 170 Å². The molecular formula is C23H25N3O3. The highest BCUT2D eigenvalue weighted by Crippen LogP contribution is 2.27. The van der Waals surface area contributed by atoms with Gasteiger partial charge in [-0.05, 0) is 56.5 Å². The standard InChI is InChI=1S/C23H25N3O3/c1-16-5-11-20(12-6-16)26-17(2)21(27)25(23(26)29)15-18-7-9-19(10-8-18)22(28)24-13-3-4-14-24/h5-12,17H,3-4,13-15H2,1-2H3/t17-/m0/s1. The summed E-state index contributed by atoms with van der Waals surface area (Å²) in [5.41, 5.74) is 3.28. The molecule has 0 saturated carbocycles. The van der Waals surface area contributed by atoms with Crippen LogP contribution in [0.2, 0.25) is 0 Å². The summed E-state index contributed by atoms with van der Waals surface area (Å²) in [6, 6.07) is 13.9. The first-order valence-corrected chi connectivity index (χ1v) is 10.0. The first-order valence-electron chi connectivity index (χ1n) is 10.0. The third-order valence-electron chi connectivity index (χ3n) is 5.69. The molecular weight excluding hydrogens is 366 g/mol. The molecule has 0 aliphatic carbocycles. The van der Waals surface area contributed by atoms with Crippen LogP contribution in [-0.4, -0.2) is 46.8 Å². The quantitative estimate of drug-likeness (QED) is 0.749. The van der Waals surface area contributed by atoms with Crippen molar-refractivity contribution >= 4 is 23.5 Å². The van der Waals surface area contributed by atoms with Crippen LogP contribution in [0.1, 0.15) is 41.3 Å². The van der Waals surface area contributed by atoms with E-state index >= 15 is 0 Å². The molecule has 1 atom stereocenters. The Morgan fingerprint density at radius 2 is 1.59 bits per heavy atom. The summed E-state index contributed by atoms with van der Waals surface area (Å²) in [5.74, 6) is -0.172. The van der Waals surface area contributed by atoms with Crippen molar-refractivity contribution in [3.63, 3.8) is 0 Å². The van der Waals surface area contributed by atoms with Gasteiger partial charge in [-0.2, -0.15) is 0 Å². The normalized spacial score (nSPS) is 19.4. The van der Waals surface area contributed by atoms with Crippen LogP contribution >= 0.6 is 0 Å². The minimum absolute atomic E-state index is 0.0431. The maximum Gasteiger partial charge on any atom is 0.332 e. The van der Waals surface area contributed by atoms with Gasteiger partial charge in [-0.25, -0.2) is 4.79 Å². The van der Waals surface area contributed by atoms with Gasteiger partial charge in [0, 0.05) is 24.3 Å². The Hall–Kier alpha value is -3.15. The molecule has 0 N–H and O–H groups in total. The van der Waals surface area contributed by atoms with Gasteiger partial charge in [0.05, 0.1) is 6.54 Å². The van der Waals surface area contributed by atoms with Crippen molar-refractivity contribution in [1.29, 1.82) is 0 Å². The van der Waals surface area contributed by atoms with Gasteiger partial charge in [0.2, 0.25) is 0 Å². The van der Waals surface area contributed by atoms with Crippen LogP contribution in [0.4, 0.5) is 10.5 Å². The summed E-state index contributed by atoms with van der Waals surface area (Å²) < 4.78 is 0. The van der Waals surface area contributed by atoms with Crippen molar-refractivity contribution in [1.82, 2.24) is 9.80 Å². The zero-order valence-corrected chi connectivity index (χ0v) is 16.8. The summed E-state index contributed by atoms with van der Waals surface area (Å²) in [7, 11) is 0. The number of benzene rings is 2. The van der Waals surface area contributed by atoms with Crippen LogP contribution < -0.4 is 4.90 Å². The van der Waals surface area contributed by atoms with Crippen LogP contribution in [0.5, 0.6) is 0 Å². The molecule has 2 aromatic carbocycles. The molecule has 4 rings (SSSR count). The van der Waals surface area contributed by atoms with Crippen LogP contribution in [0.25, 0.3) is 0 Å². The van der Waals surface area contributed by atoms with Crippen molar-refractivity contribution in [2.75, 3.05) is 18.0 Å². The van der Waals surface area contributed by atoms with E-state index in [-0.39, 0.29) is 24.4 Å². The molecule has 6 heteroatoms. The molecule has 2 aliphatic heterocycles. The number of anilines is 1. The van der Waals surface area contributed by atoms with E-state index in [1.165, 1.54) is 9.80 Å². The van der Waals surface area contributed by atoms with Crippen molar-refractivity contribution in [2.24, 2.45) is 0 Å². The van der Waals surface area contributed by atoms with Crippen LogP contribution in [-0.2, 0) is 11.3 Å². The Morgan fingerprint density at radius 3 is 2.21 bits per heavy atom. The molecule has 2 aliphatic rings. The summed E-state index contributed by atoms with van der Waals surface area (Å²) in [4.78, 5) is 42.8. The Morgan fingerprint density at radius 1 is 0.966 bits per heavy atom. The van der Waals surface area contributed by atoms with E-state index in [0.717, 1.165) is 42.7 Å². The summed E-state index contributed by atoms with van der Waals surface area (Å²) in [6.07, 6.45) is 2.11. The van der Waals surface area contributed by atoms with Crippen LogP contribution in [0, 0.1) is 6.92 Å². The van der Waals surface area contributed by atoms with Gasteiger partial charge in [0.15, 0.2) is 0 Å². The predicted molar refractivity (Wildman–Crippen MR) is 111 cm³/mol. The monoisotopic (exact) mass is 391 g/mol. The smallest absolute Gasteiger partial charge is 0.332 e. The Balaban J connectivity index is 1.48. The number of nitrogens with zero attached hydrogens (tertiary/aromatic N) is 3. The zero-order valence-electron chi connectivity index (χ0n) is 16.8. The first kappa shape index (κ1) is 19.2. The van der Waals surface area contributed by atoms with E-state index in [0.29, 0.717) is 5.56 Å². The molecule has 4 amide bonds. The number of urea groups is 1. The molecule has 2 saturated heterocycles. The highest BCUT2D eigenvalue weighted by molar-refractivity contribution is 6.14. The molecule has 0 radical (unpaired) electrons. The first-order chi connectivity index (χ1) is 14.0. The van der Waals surface area contributed by atoms with E-state index in [4.69, 9.17) is 0 Å². The SMILES string of the molecule is Cc1ccc(N2C(=O)N(Cc3ccc(C(=O)N4CCCC4)cc3)C(=O)[C@@H]2C)cc1. The second-order valence-electron chi connectivity index (χ2n) is 7.78. The number of carbonyl (C=O) groups excluding carboxylic acids is 3. The van der Waals surface area contributed by atoms with E-state index in [1.54, 1.807) is 19.1 Å². The highest BCUT2D eigenvalue weighted by Gasteiger charge is 2.43. The van der Waals surface area contributed by atoms with Gasteiger partial charge in [0.25, 0.3) is 11.8 Å². The fourth-order valence-electron chi connectivity index (χ4n) is 3.95. The number of amides is 4. The third-order valence-corrected chi connectivity index (χ3v) is 5.69. The summed E-state index contributed by atoms with van der Waals surface area (Å²) in [6.45, 7) is 5.54. The second kappa shape index (κ2) is 7.70. The van der Waals surface area contributed by atoms with Gasteiger partial charge < -0.3 is 4.90 Å². The molecule has 2 fully saturated rings. The Bertz CT molecular complexity index is 931. The lowest BCUT2D eigenvalue weighted by atomic mass is 10.1. The number of likely N-dealkylation sites (tertiary alicyclic amines) is 1. The van der Waals surface area contributed by atoms with Crippen LogP contribution in [0.3, 0.4) is 0 Å². The summed E-state index contributed by atoms with van der Waals surface area (Å²) in [5, 5.41) is 0. The maximum atomic E-state index is 12.9. The van der Waals surface area contributed by atoms with E-state index in [1.807, 2.05) is 48.2 Å². The fourth-order valence-corrected chi connectivity index (χ4v) is 3.95. The molecule has 0 spiro atoms. The van der Waals surface area contributed by atoms with Gasteiger partial charge in [0.1, 0.15) is 6.04 Å². The number of hydrogen-bond donors (Lipinski definition) is 0. The minimum atomic E-state index is -0.541. The van der Waals surface area contributed by atoms with Gasteiger partial charge in [-0.3, -0.25) is 19.4 Å². The predicted octanol–water partition coefficient (Wildman–Crippen LogP) is 3.59. The maximum absolute atomic E-state index is 12.9. The molecule has 2 heterocycles. The van der Waals surface area contributed by atoms with Crippen molar-refractivity contribution in [2.45, 2.75) is 39.3 Å². The molecule has 0 aromatic heterocycles. The largest absolute Gasteiger partial charge is 0.339 e. The number of imide groups is 1. The Kier molecular flexibility index (Phi) is 5.09. The van der Waals surface area contributed by atoms with E-state index < -0.39 is 6.04 Å².